The summed E-state index contributed by atoms with van der Waals surface area (Å²) in [7, 11) is -3.33. The molecule has 1 aromatic heterocycles. The third-order valence-corrected chi connectivity index (χ3v) is 8.69. The first kappa shape index (κ1) is 14.0. The summed E-state index contributed by atoms with van der Waals surface area (Å²) in [5.41, 5.74) is 0. The Bertz CT molecular complexity index is 500. The molecule has 0 amide bonds. The molecule has 2 unspecified atom stereocenters. The van der Waals surface area contributed by atoms with Crippen LogP contribution in [0.15, 0.2) is 20.1 Å². The maximum absolute atomic E-state index is 12.4. The molecule has 17 heavy (non-hydrogen) atoms. The van der Waals surface area contributed by atoms with Gasteiger partial charge in [-0.25, -0.2) is 8.42 Å². The van der Waals surface area contributed by atoms with Crippen LogP contribution in [-0.4, -0.2) is 30.6 Å². The van der Waals surface area contributed by atoms with Crippen molar-refractivity contribution >= 4 is 53.2 Å². The molecule has 0 bridgehead atoms. The van der Waals surface area contributed by atoms with Gasteiger partial charge in [-0.3, -0.25) is 0 Å². The first-order chi connectivity index (χ1) is 7.93. The number of hydrogen-bond acceptors (Lipinski definition) is 3. The Morgan fingerprint density at radius 3 is 2.76 bits per heavy atom. The SMILES string of the molecule is CC1CCN(S(=O)(=O)c2sccc2Br)CC1Br. The smallest absolute Gasteiger partial charge is 0.206 e. The van der Waals surface area contributed by atoms with Crippen LogP contribution in [0.25, 0.3) is 0 Å². The first-order valence-corrected chi connectivity index (χ1v) is 9.33. The normalized spacial score (nSPS) is 27.2. The van der Waals surface area contributed by atoms with Crippen LogP contribution in [0, 0.1) is 5.92 Å². The molecule has 96 valence electrons. The number of halogens is 2. The fraction of sp³-hybridized carbons (Fsp3) is 0.600. The lowest BCUT2D eigenvalue weighted by molar-refractivity contribution is 0.300. The highest BCUT2D eigenvalue weighted by Crippen LogP contribution is 2.33. The van der Waals surface area contributed by atoms with Crippen LogP contribution < -0.4 is 0 Å². The Morgan fingerprint density at radius 2 is 2.24 bits per heavy atom. The maximum atomic E-state index is 12.4. The summed E-state index contributed by atoms with van der Waals surface area (Å²) in [6.45, 7) is 3.30. The number of thiophene rings is 1. The second kappa shape index (κ2) is 5.28. The number of nitrogens with zero attached hydrogens (tertiary/aromatic N) is 1. The number of rotatable bonds is 2. The molecule has 1 fully saturated rings. The van der Waals surface area contributed by atoms with Crippen molar-refractivity contribution < 1.29 is 8.42 Å². The minimum absolute atomic E-state index is 0.241. The van der Waals surface area contributed by atoms with Gasteiger partial charge in [-0.05, 0) is 39.7 Å². The Kier molecular flexibility index (Phi) is 4.35. The number of hydrogen-bond donors (Lipinski definition) is 0. The van der Waals surface area contributed by atoms with Crippen LogP contribution in [0.5, 0.6) is 0 Å². The zero-order valence-corrected chi connectivity index (χ0v) is 14.1. The second-order valence-electron chi connectivity index (χ2n) is 4.20. The highest BCUT2D eigenvalue weighted by Gasteiger charge is 2.34. The zero-order chi connectivity index (χ0) is 12.6. The summed E-state index contributed by atoms with van der Waals surface area (Å²) < 4.78 is 27.5. The van der Waals surface area contributed by atoms with E-state index in [0.717, 1.165) is 6.42 Å². The molecule has 2 atom stereocenters. The molecule has 3 nitrogen and oxygen atoms in total. The molecule has 2 rings (SSSR count). The van der Waals surface area contributed by atoms with Crippen molar-refractivity contribution in [3.8, 4) is 0 Å². The molecule has 0 aliphatic carbocycles. The van der Waals surface area contributed by atoms with Crippen LogP contribution in [0.1, 0.15) is 13.3 Å². The van der Waals surface area contributed by atoms with Crippen molar-refractivity contribution in [2.45, 2.75) is 22.4 Å². The molecular weight excluding hydrogens is 390 g/mol. The summed E-state index contributed by atoms with van der Waals surface area (Å²) in [5.74, 6) is 0.522. The van der Waals surface area contributed by atoms with Gasteiger partial charge in [0.25, 0.3) is 10.0 Å². The lowest BCUT2D eigenvalue weighted by Gasteiger charge is -2.33. The third kappa shape index (κ3) is 2.78. The lowest BCUT2D eigenvalue weighted by Crippen LogP contribution is -2.43. The van der Waals surface area contributed by atoms with E-state index in [4.69, 9.17) is 0 Å². The summed E-state index contributed by atoms with van der Waals surface area (Å²) in [4.78, 5) is 0.241. The van der Waals surface area contributed by atoms with Gasteiger partial charge in [0.15, 0.2) is 0 Å². The molecule has 1 aromatic rings. The Hall–Kier alpha value is 0.570. The van der Waals surface area contributed by atoms with Gasteiger partial charge in [0.1, 0.15) is 4.21 Å². The summed E-state index contributed by atoms with van der Waals surface area (Å²) in [6, 6.07) is 1.77. The average Bonchev–Trinajstić information content (AvgIpc) is 2.69. The van der Waals surface area contributed by atoms with Gasteiger partial charge in [0.05, 0.1) is 0 Å². The first-order valence-electron chi connectivity index (χ1n) is 5.30. The molecule has 1 aliphatic heterocycles. The van der Waals surface area contributed by atoms with Gasteiger partial charge in [0.2, 0.25) is 0 Å². The lowest BCUT2D eigenvalue weighted by atomic mass is 10.0. The van der Waals surface area contributed by atoms with Crippen molar-refractivity contribution in [3.05, 3.63) is 15.9 Å². The number of piperidine rings is 1. The van der Waals surface area contributed by atoms with E-state index in [9.17, 15) is 8.42 Å². The van der Waals surface area contributed by atoms with Crippen LogP contribution in [0.4, 0.5) is 0 Å². The number of alkyl halides is 1. The fourth-order valence-electron chi connectivity index (χ4n) is 1.79. The van der Waals surface area contributed by atoms with Crippen LogP contribution in [0.2, 0.25) is 0 Å². The van der Waals surface area contributed by atoms with Crippen molar-refractivity contribution in [2.75, 3.05) is 13.1 Å². The monoisotopic (exact) mass is 401 g/mol. The van der Waals surface area contributed by atoms with E-state index in [1.54, 1.807) is 15.8 Å². The van der Waals surface area contributed by atoms with E-state index in [-0.39, 0.29) is 4.83 Å². The minimum atomic E-state index is -3.33. The third-order valence-electron chi connectivity index (χ3n) is 2.99. The van der Waals surface area contributed by atoms with E-state index in [1.165, 1.54) is 11.3 Å². The predicted octanol–water partition coefficient (Wildman–Crippen LogP) is 3.30. The Balaban J connectivity index is 2.26. The molecule has 2 heterocycles. The maximum Gasteiger partial charge on any atom is 0.253 e. The Labute approximate surface area is 123 Å². The zero-order valence-electron chi connectivity index (χ0n) is 9.27. The van der Waals surface area contributed by atoms with Crippen LogP contribution in [-0.2, 0) is 10.0 Å². The van der Waals surface area contributed by atoms with E-state index >= 15 is 0 Å². The van der Waals surface area contributed by atoms with Gasteiger partial charge in [-0.15, -0.1) is 11.3 Å². The summed E-state index contributed by atoms with van der Waals surface area (Å²) in [5, 5.41) is 1.79. The number of sulfonamides is 1. The van der Waals surface area contributed by atoms with Gasteiger partial charge in [-0.2, -0.15) is 4.31 Å². The average molecular weight is 403 g/mol. The van der Waals surface area contributed by atoms with Gasteiger partial charge < -0.3 is 0 Å². The second-order valence-corrected chi connectivity index (χ2v) is 9.28. The molecule has 7 heteroatoms. The molecule has 0 saturated carbocycles. The molecule has 1 saturated heterocycles. The van der Waals surface area contributed by atoms with Gasteiger partial charge in [0, 0.05) is 22.4 Å². The van der Waals surface area contributed by atoms with Gasteiger partial charge >= 0.3 is 0 Å². The highest BCUT2D eigenvalue weighted by molar-refractivity contribution is 9.10. The molecule has 0 radical (unpaired) electrons. The summed E-state index contributed by atoms with van der Waals surface area (Å²) >= 11 is 8.10. The molecular formula is C10H13Br2NO2S2. The minimum Gasteiger partial charge on any atom is -0.206 e. The predicted molar refractivity (Wildman–Crippen MR) is 77.3 cm³/mol. The van der Waals surface area contributed by atoms with Gasteiger partial charge in [-0.1, -0.05) is 22.9 Å². The van der Waals surface area contributed by atoms with Crippen LogP contribution in [0.3, 0.4) is 0 Å². The van der Waals surface area contributed by atoms with E-state index < -0.39 is 10.0 Å². The van der Waals surface area contributed by atoms with Crippen molar-refractivity contribution in [1.29, 1.82) is 0 Å². The molecule has 1 aliphatic rings. The highest BCUT2D eigenvalue weighted by atomic mass is 79.9. The quantitative estimate of drug-likeness (QED) is 0.711. The molecule has 0 N–H and O–H groups in total. The van der Waals surface area contributed by atoms with E-state index in [2.05, 4.69) is 38.8 Å². The van der Waals surface area contributed by atoms with Crippen molar-refractivity contribution in [3.63, 3.8) is 0 Å². The van der Waals surface area contributed by atoms with E-state index in [1.807, 2.05) is 0 Å². The fourth-order valence-corrected chi connectivity index (χ4v) is 6.53. The van der Waals surface area contributed by atoms with Crippen molar-refractivity contribution in [2.24, 2.45) is 5.92 Å². The van der Waals surface area contributed by atoms with E-state index in [0.29, 0.717) is 27.7 Å². The largest absolute Gasteiger partial charge is 0.253 e. The summed E-state index contributed by atoms with van der Waals surface area (Å²) in [6.07, 6.45) is 0.901. The molecule has 0 spiro atoms. The molecule has 0 aromatic carbocycles. The topological polar surface area (TPSA) is 37.4 Å². The van der Waals surface area contributed by atoms with Crippen LogP contribution >= 0.6 is 43.2 Å². The standard InChI is InChI=1S/C10H13Br2NO2S2/c1-7-2-4-13(6-9(7)12)17(14,15)10-8(11)3-5-16-10/h3,5,7,9H,2,4,6H2,1H3. The van der Waals surface area contributed by atoms with Crippen molar-refractivity contribution in [1.82, 2.24) is 4.31 Å². The Morgan fingerprint density at radius 1 is 1.53 bits per heavy atom.